The Labute approximate surface area is 111 Å². The monoisotopic (exact) mass is 263 g/mol. The summed E-state index contributed by atoms with van der Waals surface area (Å²) in [4.78, 5) is 17.9. The van der Waals surface area contributed by atoms with Gasteiger partial charge in [-0.3, -0.25) is 0 Å². The lowest BCUT2D eigenvalue weighted by Gasteiger charge is -2.18. The van der Waals surface area contributed by atoms with E-state index < -0.39 is 0 Å². The molecule has 0 aliphatic heterocycles. The molecule has 0 spiro atoms. The Morgan fingerprint density at radius 1 is 1.44 bits per heavy atom. The molecular formula is C13H17N3OS. The van der Waals surface area contributed by atoms with Crippen molar-refractivity contribution in [3.05, 3.63) is 29.3 Å². The Balaban J connectivity index is 2.06. The maximum atomic E-state index is 11.8. The van der Waals surface area contributed by atoms with Crippen molar-refractivity contribution in [2.45, 2.75) is 26.4 Å². The van der Waals surface area contributed by atoms with E-state index in [4.69, 9.17) is 0 Å². The molecule has 2 aromatic rings. The molecule has 1 aromatic heterocycles. The minimum Gasteiger partial charge on any atom is -0.336 e. The van der Waals surface area contributed by atoms with Gasteiger partial charge in [0.05, 0.1) is 16.8 Å². The van der Waals surface area contributed by atoms with E-state index in [-0.39, 0.29) is 12.1 Å². The molecule has 4 nitrogen and oxygen atoms in total. The van der Waals surface area contributed by atoms with Crippen LogP contribution in [-0.4, -0.2) is 29.0 Å². The van der Waals surface area contributed by atoms with Gasteiger partial charge in [0.1, 0.15) is 5.01 Å². The van der Waals surface area contributed by atoms with E-state index in [0.29, 0.717) is 6.54 Å². The fraction of sp³-hybridized carbons (Fsp3) is 0.385. The molecular weight excluding hydrogens is 246 g/mol. The molecule has 0 unspecified atom stereocenters. The predicted molar refractivity (Wildman–Crippen MR) is 74.8 cm³/mol. The van der Waals surface area contributed by atoms with Crippen LogP contribution in [0.25, 0.3) is 10.2 Å². The van der Waals surface area contributed by atoms with Crippen LogP contribution < -0.4 is 5.32 Å². The number of hydrogen-bond donors (Lipinski definition) is 1. The first kappa shape index (κ1) is 12.8. The highest BCUT2D eigenvalue weighted by atomic mass is 32.1. The molecule has 1 heterocycles. The quantitative estimate of drug-likeness (QED) is 0.925. The number of fused-ring (bicyclic) bond motifs is 1. The largest absolute Gasteiger partial charge is 0.336 e. The number of benzene rings is 1. The van der Waals surface area contributed by atoms with Crippen molar-refractivity contribution in [3.8, 4) is 0 Å². The van der Waals surface area contributed by atoms with Gasteiger partial charge in [-0.15, -0.1) is 11.3 Å². The predicted octanol–water partition coefficient (Wildman–Crippen LogP) is 2.85. The van der Waals surface area contributed by atoms with E-state index in [2.05, 4.69) is 10.3 Å². The van der Waals surface area contributed by atoms with E-state index in [9.17, 15) is 4.79 Å². The average molecular weight is 263 g/mol. The summed E-state index contributed by atoms with van der Waals surface area (Å²) in [6.07, 6.45) is 0. The number of para-hydroxylation sites is 1. The highest BCUT2D eigenvalue weighted by Gasteiger charge is 2.12. The molecule has 1 aromatic carbocycles. The summed E-state index contributed by atoms with van der Waals surface area (Å²) in [6.45, 7) is 4.44. The number of carbonyl (C=O) groups excluding carboxylic acids is 1. The van der Waals surface area contributed by atoms with Crippen LogP contribution in [0, 0.1) is 0 Å². The standard InChI is InChI=1S/C13H17N3OS/c1-9(2)14-13(17)16(3)8-12-15-10-6-4-5-7-11(10)18-12/h4-7,9H,8H2,1-3H3,(H,14,17). The zero-order valence-corrected chi connectivity index (χ0v) is 11.6. The van der Waals surface area contributed by atoms with Gasteiger partial charge in [-0.2, -0.15) is 0 Å². The summed E-state index contributed by atoms with van der Waals surface area (Å²) < 4.78 is 1.16. The Bertz CT molecular complexity index is 517. The Kier molecular flexibility index (Phi) is 3.81. The second kappa shape index (κ2) is 5.35. The number of carbonyl (C=O) groups is 1. The number of hydrogen-bond acceptors (Lipinski definition) is 3. The fourth-order valence-electron chi connectivity index (χ4n) is 1.62. The summed E-state index contributed by atoms with van der Waals surface area (Å²) in [5.41, 5.74) is 0.996. The third-order valence-corrected chi connectivity index (χ3v) is 3.49. The van der Waals surface area contributed by atoms with Crippen molar-refractivity contribution in [2.24, 2.45) is 0 Å². The number of urea groups is 1. The van der Waals surface area contributed by atoms with Crippen LogP contribution in [0.3, 0.4) is 0 Å². The fourth-order valence-corrected chi connectivity index (χ4v) is 2.64. The van der Waals surface area contributed by atoms with Gasteiger partial charge in [-0.1, -0.05) is 12.1 Å². The zero-order valence-electron chi connectivity index (χ0n) is 10.8. The highest BCUT2D eigenvalue weighted by Crippen LogP contribution is 2.22. The third kappa shape index (κ3) is 2.98. The van der Waals surface area contributed by atoms with Crippen LogP contribution in [0.2, 0.25) is 0 Å². The van der Waals surface area contributed by atoms with Gasteiger partial charge < -0.3 is 10.2 Å². The summed E-state index contributed by atoms with van der Waals surface area (Å²) >= 11 is 1.63. The van der Waals surface area contributed by atoms with E-state index in [1.54, 1.807) is 23.3 Å². The minimum atomic E-state index is -0.0655. The first-order chi connectivity index (χ1) is 8.56. The summed E-state index contributed by atoms with van der Waals surface area (Å²) in [7, 11) is 1.78. The SMILES string of the molecule is CC(C)NC(=O)N(C)Cc1nc2ccccc2s1. The molecule has 2 rings (SSSR count). The maximum absolute atomic E-state index is 11.8. The zero-order chi connectivity index (χ0) is 13.1. The van der Waals surface area contributed by atoms with Crippen molar-refractivity contribution in [3.63, 3.8) is 0 Å². The van der Waals surface area contributed by atoms with Gasteiger partial charge in [0.25, 0.3) is 0 Å². The van der Waals surface area contributed by atoms with Crippen LogP contribution in [-0.2, 0) is 6.54 Å². The lowest BCUT2D eigenvalue weighted by Crippen LogP contribution is -2.40. The molecule has 1 N–H and O–H groups in total. The van der Waals surface area contributed by atoms with Crippen LogP contribution in [0.5, 0.6) is 0 Å². The van der Waals surface area contributed by atoms with E-state index in [0.717, 1.165) is 15.2 Å². The second-order valence-corrected chi connectivity index (χ2v) is 5.65. The molecule has 96 valence electrons. The molecule has 0 aliphatic carbocycles. The highest BCUT2D eigenvalue weighted by molar-refractivity contribution is 7.18. The van der Waals surface area contributed by atoms with Gasteiger partial charge in [-0.05, 0) is 26.0 Å². The van der Waals surface area contributed by atoms with Crippen molar-refractivity contribution >= 4 is 27.6 Å². The molecule has 18 heavy (non-hydrogen) atoms. The number of amides is 2. The molecule has 0 bridgehead atoms. The number of aromatic nitrogens is 1. The average Bonchev–Trinajstić information content (AvgIpc) is 2.69. The lowest BCUT2D eigenvalue weighted by molar-refractivity contribution is 0.204. The number of rotatable bonds is 3. The van der Waals surface area contributed by atoms with Crippen LogP contribution in [0.1, 0.15) is 18.9 Å². The van der Waals surface area contributed by atoms with Crippen molar-refractivity contribution < 1.29 is 4.79 Å². The van der Waals surface area contributed by atoms with Gasteiger partial charge >= 0.3 is 6.03 Å². The van der Waals surface area contributed by atoms with Crippen LogP contribution in [0.15, 0.2) is 24.3 Å². The Hall–Kier alpha value is -1.62. The molecule has 0 radical (unpaired) electrons. The van der Waals surface area contributed by atoms with E-state index >= 15 is 0 Å². The topological polar surface area (TPSA) is 45.2 Å². The van der Waals surface area contributed by atoms with E-state index in [1.165, 1.54) is 0 Å². The number of thiazole rings is 1. The molecule has 5 heteroatoms. The van der Waals surface area contributed by atoms with Gasteiger partial charge in [0.2, 0.25) is 0 Å². The number of nitrogens with one attached hydrogen (secondary N) is 1. The normalized spacial score (nSPS) is 10.9. The Morgan fingerprint density at radius 3 is 2.83 bits per heavy atom. The van der Waals surface area contributed by atoms with Gasteiger partial charge in [0.15, 0.2) is 0 Å². The molecule has 0 saturated heterocycles. The third-order valence-electron chi connectivity index (χ3n) is 2.47. The molecule has 2 amide bonds. The van der Waals surface area contributed by atoms with Gasteiger partial charge in [-0.25, -0.2) is 9.78 Å². The first-order valence-electron chi connectivity index (χ1n) is 5.92. The maximum Gasteiger partial charge on any atom is 0.317 e. The van der Waals surface area contributed by atoms with Crippen molar-refractivity contribution in [2.75, 3.05) is 7.05 Å². The van der Waals surface area contributed by atoms with Crippen molar-refractivity contribution in [1.82, 2.24) is 15.2 Å². The number of nitrogens with zero attached hydrogens (tertiary/aromatic N) is 2. The summed E-state index contributed by atoms with van der Waals surface area (Å²) in [5, 5.41) is 3.82. The molecule has 0 saturated carbocycles. The smallest absolute Gasteiger partial charge is 0.317 e. The van der Waals surface area contributed by atoms with Crippen LogP contribution in [0.4, 0.5) is 4.79 Å². The Morgan fingerprint density at radius 2 is 2.17 bits per heavy atom. The molecule has 0 atom stereocenters. The minimum absolute atomic E-state index is 0.0655. The lowest BCUT2D eigenvalue weighted by atomic mass is 10.3. The van der Waals surface area contributed by atoms with Gasteiger partial charge in [0, 0.05) is 13.1 Å². The second-order valence-electron chi connectivity index (χ2n) is 4.54. The van der Waals surface area contributed by atoms with Crippen LogP contribution >= 0.6 is 11.3 Å². The van der Waals surface area contributed by atoms with E-state index in [1.807, 2.05) is 38.1 Å². The molecule has 0 aliphatic rings. The summed E-state index contributed by atoms with van der Waals surface area (Å²) in [5.74, 6) is 0. The molecule has 0 fully saturated rings. The van der Waals surface area contributed by atoms with Crippen molar-refractivity contribution in [1.29, 1.82) is 0 Å². The summed E-state index contributed by atoms with van der Waals surface area (Å²) in [6, 6.07) is 8.09. The first-order valence-corrected chi connectivity index (χ1v) is 6.74.